The molecule has 2 amide bonds. The maximum absolute atomic E-state index is 13.5. The van der Waals surface area contributed by atoms with Crippen LogP contribution in [0.1, 0.15) is 91.1 Å². The number of nitriles is 1. The highest BCUT2D eigenvalue weighted by molar-refractivity contribution is 6.10. The molecule has 1 saturated carbocycles. The zero-order chi connectivity index (χ0) is 28.7. The topological polar surface area (TPSA) is 138 Å². The Morgan fingerprint density at radius 3 is 2.31 bits per heavy atom. The fraction of sp³-hybridized carbons (Fsp3) is 0.467. The van der Waals surface area contributed by atoms with E-state index < -0.39 is 17.3 Å². The molecule has 1 aliphatic carbocycles. The minimum absolute atomic E-state index is 0.0221. The van der Waals surface area contributed by atoms with Gasteiger partial charge in [-0.05, 0) is 76.1 Å². The SMILES string of the molecule is CCC(CC)NC(=O)c1ccc(C)cc1NC(=O)c1cc(O[C@H]2CC[C@@](C)(C(=O)O)CC2)c(C#N)cc1OC. The van der Waals surface area contributed by atoms with Crippen molar-refractivity contribution >= 4 is 23.5 Å². The van der Waals surface area contributed by atoms with Crippen LogP contribution in [0.4, 0.5) is 5.69 Å². The number of rotatable bonds is 10. The molecule has 208 valence electrons. The van der Waals surface area contributed by atoms with E-state index in [2.05, 4.69) is 16.7 Å². The number of carbonyl (C=O) groups excluding carboxylic acids is 2. The van der Waals surface area contributed by atoms with Crippen molar-refractivity contribution in [1.29, 1.82) is 5.26 Å². The Hall–Kier alpha value is -4.06. The molecule has 0 radical (unpaired) electrons. The number of benzene rings is 2. The molecule has 0 aromatic heterocycles. The van der Waals surface area contributed by atoms with Crippen molar-refractivity contribution in [3.8, 4) is 17.6 Å². The minimum Gasteiger partial charge on any atom is -0.496 e. The Morgan fingerprint density at radius 2 is 1.74 bits per heavy atom. The first-order valence-electron chi connectivity index (χ1n) is 13.3. The molecule has 1 fully saturated rings. The van der Waals surface area contributed by atoms with Crippen LogP contribution in [0.3, 0.4) is 0 Å². The first-order chi connectivity index (χ1) is 18.5. The number of anilines is 1. The van der Waals surface area contributed by atoms with Crippen molar-refractivity contribution in [3.05, 3.63) is 52.6 Å². The van der Waals surface area contributed by atoms with Crippen LogP contribution in [0.2, 0.25) is 0 Å². The van der Waals surface area contributed by atoms with Gasteiger partial charge in [0.15, 0.2) is 0 Å². The molecule has 1 aliphatic rings. The molecule has 9 nitrogen and oxygen atoms in total. The summed E-state index contributed by atoms with van der Waals surface area (Å²) in [6.45, 7) is 7.60. The van der Waals surface area contributed by atoms with Gasteiger partial charge in [-0.3, -0.25) is 14.4 Å². The first kappa shape index (κ1) is 29.5. The summed E-state index contributed by atoms with van der Waals surface area (Å²) < 4.78 is 11.5. The second-order valence-electron chi connectivity index (χ2n) is 10.3. The van der Waals surface area contributed by atoms with Crippen LogP contribution in [0.15, 0.2) is 30.3 Å². The molecule has 39 heavy (non-hydrogen) atoms. The number of hydrogen-bond acceptors (Lipinski definition) is 6. The van der Waals surface area contributed by atoms with Crippen LogP contribution < -0.4 is 20.1 Å². The predicted molar refractivity (Wildman–Crippen MR) is 147 cm³/mol. The number of hydrogen-bond donors (Lipinski definition) is 3. The van der Waals surface area contributed by atoms with E-state index in [1.807, 2.05) is 26.8 Å². The zero-order valence-corrected chi connectivity index (χ0v) is 23.2. The highest BCUT2D eigenvalue weighted by atomic mass is 16.5. The fourth-order valence-electron chi connectivity index (χ4n) is 4.74. The van der Waals surface area contributed by atoms with E-state index in [4.69, 9.17) is 9.47 Å². The first-order valence-corrected chi connectivity index (χ1v) is 13.3. The van der Waals surface area contributed by atoms with Crippen LogP contribution in [0.25, 0.3) is 0 Å². The van der Waals surface area contributed by atoms with Gasteiger partial charge < -0.3 is 25.2 Å². The molecule has 2 aromatic rings. The zero-order valence-electron chi connectivity index (χ0n) is 23.2. The summed E-state index contributed by atoms with van der Waals surface area (Å²) in [5, 5.41) is 25.1. The van der Waals surface area contributed by atoms with E-state index in [-0.39, 0.29) is 40.7 Å². The maximum Gasteiger partial charge on any atom is 0.309 e. The van der Waals surface area contributed by atoms with Gasteiger partial charge in [-0.15, -0.1) is 0 Å². The van der Waals surface area contributed by atoms with Crippen LogP contribution in [0.5, 0.6) is 11.5 Å². The van der Waals surface area contributed by atoms with Gasteiger partial charge in [0, 0.05) is 12.1 Å². The predicted octanol–water partition coefficient (Wildman–Crippen LogP) is 5.46. The Kier molecular flexibility index (Phi) is 9.57. The van der Waals surface area contributed by atoms with Crippen molar-refractivity contribution in [1.82, 2.24) is 5.32 Å². The van der Waals surface area contributed by atoms with E-state index in [9.17, 15) is 24.8 Å². The van der Waals surface area contributed by atoms with Gasteiger partial charge in [0.05, 0.1) is 41.0 Å². The van der Waals surface area contributed by atoms with E-state index in [1.165, 1.54) is 19.2 Å². The molecule has 0 unspecified atom stereocenters. The van der Waals surface area contributed by atoms with E-state index in [1.54, 1.807) is 19.1 Å². The number of amides is 2. The normalized spacial score (nSPS) is 18.6. The van der Waals surface area contributed by atoms with Crippen molar-refractivity contribution in [2.45, 2.75) is 78.4 Å². The smallest absolute Gasteiger partial charge is 0.309 e. The van der Waals surface area contributed by atoms with Gasteiger partial charge >= 0.3 is 5.97 Å². The second-order valence-corrected chi connectivity index (χ2v) is 10.3. The summed E-state index contributed by atoms with van der Waals surface area (Å²) in [6, 6.07) is 10.3. The van der Waals surface area contributed by atoms with E-state index in [0.29, 0.717) is 36.9 Å². The maximum atomic E-state index is 13.5. The minimum atomic E-state index is -0.828. The lowest BCUT2D eigenvalue weighted by Crippen LogP contribution is -2.36. The van der Waals surface area contributed by atoms with Crippen LogP contribution in [-0.2, 0) is 4.79 Å². The van der Waals surface area contributed by atoms with E-state index in [0.717, 1.165) is 18.4 Å². The summed E-state index contributed by atoms with van der Waals surface area (Å²) in [7, 11) is 1.41. The molecular weight excluding hydrogens is 498 g/mol. The molecule has 0 heterocycles. The number of carboxylic acids is 1. The summed E-state index contributed by atoms with van der Waals surface area (Å²) in [5.74, 6) is -1.21. The average molecular weight is 536 g/mol. The molecule has 0 saturated heterocycles. The monoisotopic (exact) mass is 535 g/mol. The Labute approximate surface area is 229 Å². The quantitative estimate of drug-likeness (QED) is 0.367. The molecule has 2 aromatic carbocycles. The molecule has 3 N–H and O–H groups in total. The number of aliphatic carboxylic acids is 1. The largest absolute Gasteiger partial charge is 0.496 e. The number of nitrogens with zero attached hydrogens (tertiary/aromatic N) is 1. The lowest BCUT2D eigenvalue weighted by Gasteiger charge is -2.34. The summed E-state index contributed by atoms with van der Waals surface area (Å²) in [6.07, 6.45) is 3.22. The summed E-state index contributed by atoms with van der Waals surface area (Å²) >= 11 is 0. The van der Waals surface area contributed by atoms with Gasteiger partial charge in [-0.2, -0.15) is 5.26 Å². The Balaban J connectivity index is 1.88. The summed E-state index contributed by atoms with van der Waals surface area (Å²) in [5.41, 5.74) is 1.12. The molecule has 9 heteroatoms. The highest BCUT2D eigenvalue weighted by Gasteiger charge is 2.38. The number of nitrogens with one attached hydrogen (secondary N) is 2. The number of carbonyl (C=O) groups is 3. The van der Waals surface area contributed by atoms with Gasteiger partial charge in [-0.25, -0.2) is 0 Å². The third kappa shape index (κ3) is 6.88. The van der Waals surface area contributed by atoms with Crippen molar-refractivity contribution in [2.24, 2.45) is 5.41 Å². The average Bonchev–Trinajstić information content (AvgIpc) is 2.92. The molecule has 0 bridgehead atoms. The van der Waals surface area contributed by atoms with Gasteiger partial charge in [-0.1, -0.05) is 19.9 Å². The van der Waals surface area contributed by atoms with Gasteiger partial charge in [0.2, 0.25) is 0 Å². The van der Waals surface area contributed by atoms with E-state index >= 15 is 0 Å². The van der Waals surface area contributed by atoms with Crippen LogP contribution in [-0.4, -0.2) is 42.1 Å². The lowest BCUT2D eigenvalue weighted by molar-refractivity contribution is -0.150. The fourth-order valence-corrected chi connectivity index (χ4v) is 4.74. The Bertz CT molecular complexity index is 1270. The van der Waals surface area contributed by atoms with Crippen LogP contribution in [0, 0.1) is 23.7 Å². The number of aryl methyl sites for hydroxylation is 1. The third-order valence-electron chi connectivity index (χ3n) is 7.50. The number of carboxylic acid groups (broad SMARTS) is 1. The molecular formula is C30H37N3O6. The van der Waals surface area contributed by atoms with Crippen molar-refractivity contribution in [2.75, 3.05) is 12.4 Å². The number of ether oxygens (including phenoxy) is 2. The van der Waals surface area contributed by atoms with Gasteiger partial charge in [0.1, 0.15) is 17.6 Å². The van der Waals surface area contributed by atoms with Crippen molar-refractivity contribution < 1.29 is 29.0 Å². The summed E-state index contributed by atoms with van der Waals surface area (Å²) in [4.78, 5) is 38.1. The molecule has 0 aliphatic heterocycles. The molecule has 0 atom stereocenters. The Morgan fingerprint density at radius 1 is 1.08 bits per heavy atom. The molecule has 0 spiro atoms. The second kappa shape index (κ2) is 12.7. The third-order valence-corrected chi connectivity index (χ3v) is 7.50. The van der Waals surface area contributed by atoms with Crippen LogP contribution >= 0.6 is 0 Å². The standard InChI is InChI=1S/C30H37N3O6/c1-6-20(7-2)32-27(34)22-9-8-18(3)14-24(22)33-28(35)23-16-25(19(17-31)15-26(23)38-5)39-21-10-12-30(4,13-11-21)29(36)37/h8-9,14-16,20-21H,6-7,10-13H2,1-5H3,(H,32,34)(H,33,35)(H,36,37)/t21-,30+. The highest BCUT2D eigenvalue weighted by Crippen LogP contribution is 2.39. The van der Waals surface area contributed by atoms with Crippen molar-refractivity contribution in [3.63, 3.8) is 0 Å². The number of methoxy groups -OCH3 is 1. The van der Waals surface area contributed by atoms with Gasteiger partial charge in [0.25, 0.3) is 11.8 Å². The lowest BCUT2D eigenvalue weighted by atomic mass is 9.75. The molecule has 3 rings (SSSR count).